The number of fused-ring (bicyclic) bond motifs is 1. The number of aromatic nitrogens is 1. The molecule has 3 rings (SSSR count). The maximum absolute atomic E-state index is 6.14. The average molecular weight is 203 g/mol. The molecule has 1 spiro atoms. The predicted molar refractivity (Wildman–Crippen MR) is 58.9 cm³/mol. The monoisotopic (exact) mass is 203 g/mol. The summed E-state index contributed by atoms with van der Waals surface area (Å²) in [6.07, 6.45) is 8.05. The van der Waals surface area contributed by atoms with E-state index < -0.39 is 0 Å². The molecule has 0 saturated heterocycles. The highest BCUT2D eigenvalue weighted by molar-refractivity contribution is 5.33. The summed E-state index contributed by atoms with van der Waals surface area (Å²) < 4.78 is 6.14. The van der Waals surface area contributed by atoms with Crippen LogP contribution in [0.3, 0.4) is 0 Å². The molecule has 0 N–H and O–H groups in total. The zero-order valence-electron chi connectivity index (χ0n) is 9.20. The van der Waals surface area contributed by atoms with E-state index in [1.54, 1.807) is 0 Å². The fourth-order valence-corrected chi connectivity index (χ4v) is 3.00. The molecule has 0 radical (unpaired) electrons. The second-order valence-corrected chi connectivity index (χ2v) is 4.96. The standard InChI is InChI=1S/C13H17NO/c1-10-5-2-3-7-13(10)9-11-6-4-8-14-12(11)15-13/h4,6,8,10H,2-3,5,7,9H2,1H3. The molecule has 2 heteroatoms. The molecule has 2 aliphatic rings. The number of ether oxygens (including phenoxy) is 1. The Kier molecular flexibility index (Phi) is 1.98. The van der Waals surface area contributed by atoms with E-state index >= 15 is 0 Å². The van der Waals surface area contributed by atoms with Gasteiger partial charge in [0, 0.05) is 18.2 Å². The first-order valence-electron chi connectivity index (χ1n) is 5.93. The van der Waals surface area contributed by atoms with Crippen LogP contribution in [-0.2, 0) is 6.42 Å². The van der Waals surface area contributed by atoms with Crippen molar-refractivity contribution in [3.05, 3.63) is 23.9 Å². The molecule has 1 aromatic heterocycles. The van der Waals surface area contributed by atoms with Crippen molar-refractivity contribution in [3.8, 4) is 5.88 Å². The lowest BCUT2D eigenvalue weighted by Gasteiger charge is -2.38. The van der Waals surface area contributed by atoms with E-state index in [1.165, 1.54) is 31.2 Å². The van der Waals surface area contributed by atoms with Gasteiger partial charge in [-0.25, -0.2) is 4.98 Å². The van der Waals surface area contributed by atoms with E-state index in [0.717, 1.165) is 12.3 Å². The molecule has 2 unspecified atom stereocenters. The van der Waals surface area contributed by atoms with Gasteiger partial charge >= 0.3 is 0 Å². The zero-order chi connectivity index (χ0) is 10.3. The molecule has 2 heterocycles. The number of hydrogen-bond donors (Lipinski definition) is 0. The van der Waals surface area contributed by atoms with Crippen LogP contribution in [0, 0.1) is 5.92 Å². The highest BCUT2D eigenvalue weighted by Crippen LogP contribution is 2.45. The van der Waals surface area contributed by atoms with Gasteiger partial charge in [-0.1, -0.05) is 19.4 Å². The Morgan fingerprint density at radius 2 is 2.40 bits per heavy atom. The summed E-state index contributed by atoms with van der Waals surface area (Å²) in [6.45, 7) is 2.32. The molecule has 2 nitrogen and oxygen atoms in total. The molecule has 0 amide bonds. The SMILES string of the molecule is CC1CCCCC12Cc1cccnc1O2. The Morgan fingerprint density at radius 3 is 3.20 bits per heavy atom. The van der Waals surface area contributed by atoms with Crippen LogP contribution in [0.2, 0.25) is 0 Å². The lowest BCUT2D eigenvalue weighted by atomic mass is 9.74. The predicted octanol–water partition coefficient (Wildman–Crippen LogP) is 2.97. The highest BCUT2D eigenvalue weighted by Gasteiger charge is 2.45. The van der Waals surface area contributed by atoms with Crippen LogP contribution in [-0.4, -0.2) is 10.6 Å². The van der Waals surface area contributed by atoms with Gasteiger partial charge in [-0.15, -0.1) is 0 Å². The average Bonchev–Trinajstić information content (AvgIpc) is 2.62. The molecule has 1 fully saturated rings. The highest BCUT2D eigenvalue weighted by atomic mass is 16.5. The molecule has 1 saturated carbocycles. The Labute approximate surface area is 90.7 Å². The van der Waals surface area contributed by atoms with Gasteiger partial charge in [0.15, 0.2) is 0 Å². The van der Waals surface area contributed by atoms with Crippen LogP contribution in [0.25, 0.3) is 0 Å². The first-order chi connectivity index (χ1) is 7.30. The first-order valence-corrected chi connectivity index (χ1v) is 5.93. The maximum Gasteiger partial charge on any atom is 0.217 e. The van der Waals surface area contributed by atoms with Crippen molar-refractivity contribution in [2.75, 3.05) is 0 Å². The molecule has 0 aromatic carbocycles. The van der Waals surface area contributed by atoms with Crippen molar-refractivity contribution in [2.45, 2.75) is 44.6 Å². The smallest absolute Gasteiger partial charge is 0.217 e. The fourth-order valence-electron chi connectivity index (χ4n) is 3.00. The van der Waals surface area contributed by atoms with Crippen molar-refractivity contribution in [1.29, 1.82) is 0 Å². The molecule has 0 bridgehead atoms. The van der Waals surface area contributed by atoms with Crippen LogP contribution in [0.15, 0.2) is 18.3 Å². The van der Waals surface area contributed by atoms with Crippen molar-refractivity contribution in [2.24, 2.45) is 5.92 Å². The van der Waals surface area contributed by atoms with E-state index in [4.69, 9.17) is 4.74 Å². The third kappa shape index (κ3) is 1.35. The largest absolute Gasteiger partial charge is 0.470 e. The minimum Gasteiger partial charge on any atom is -0.470 e. The van der Waals surface area contributed by atoms with Crippen molar-refractivity contribution in [3.63, 3.8) is 0 Å². The van der Waals surface area contributed by atoms with Gasteiger partial charge in [0.2, 0.25) is 5.88 Å². The summed E-state index contributed by atoms with van der Waals surface area (Å²) in [5.74, 6) is 1.55. The summed E-state index contributed by atoms with van der Waals surface area (Å²) in [5, 5.41) is 0. The van der Waals surface area contributed by atoms with Gasteiger partial charge < -0.3 is 4.74 Å². The molecule has 1 aliphatic carbocycles. The van der Waals surface area contributed by atoms with Crippen LogP contribution < -0.4 is 4.74 Å². The van der Waals surface area contributed by atoms with Crippen molar-refractivity contribution in [1.82, 2.24) is 4.98 Å². The van der Waals surface area contributed by atoms with Gasteiger partial charge in [-0.05, 0) is 31.2 Å². The Balaban J connectivity index is 1.93. The third-order valence-corrected chi connectivity index (χ3v) is 4.02. The maximum atomic E-state index is 6.14. The van der Waals surface area contributed by atoms with Crippen molar-refractivity contribution >= 4 is 0 Å². The molecule has 1 aliphatic heterocycles. The lowest BCUT2D eigenvalue weighted by Crippen LogP contribution is -2.43. The number of pyridine rings is 1. The third-order valence-electron chi connectivity index (χ3n) is 4.02. The van der Waals surface area contributed by atoms with Crippen LogP contribution in [0.5, 0.6) is 5.88 Å². The molecule has 1 aromatic rings. The molecule has 80 valence electrons. The number of rotatable bonds is 0. The minimum absolute atomic E-state index is 0.0783. The second-order valence-electron chi connectivity index (χ2n) is 4.96. The summed E-state index contributed by atoms with van der Waals surface area (Å²) in [7, 11) is 0. The molecule has 2 atom stereocenters. The molecule has 15 heavy (non-hydrogen) atoms. The van der Waals surface area contributed by atoms with E-state index in [1.807, 2.05) is 12.3 Å². The second kappa shape index (κ2) is 3.22. The first kappa shape index (κ1) is 9.20. The van der Waals surface area contributed by atoms with Gasteiger partial charge in [0.25, 0.3) is 0 Å². The fraction of sp³-hybridized carbons (Fsp3) is 0.615. The summed E-state index contributed by atoms with van der Waals surface area (Å²) in [6, 6.07) is 4.16. The Bertz CT molecular complexity index is 350. The molecular weight excluding hydrogens is 186 g/mol. The van der Waals surface area contributed by atoms with Gasteiger partial charge in [-0.2, -0.15) is 0 Å². The number of nitrogens with zero attached hydrogens (tertiary/aromatic N) is 1. The zero-order valence-corrected chi connectivity index (χ0v) is 9.20. The minimum atomic E-state index is 0.0783. The molecular formula is C13H17NO. The van der Waals surface area contributed by atoms with Crippen LogP contribution in [0.4, 0.5) is 0 Å². The Morgan fingerprint density at radius 1 is 1.47 bits per heavy atom. The summed E-state index contributed by atoms with van der Waals surface area (Å²) in [5.41, 5.74) is 1.38. The lowest BCUT2D eigenvalue weighted by molar-refractivity contribution is 0.000455. The topological polar surface area (TPSA) is 22.1 Å². The Hall–Kier alpha value is -1.05. The summed E-state index contributed by atoms with van der Waals surface area (Å²) in [4.78, 5) is 4.32. The summed E-state index contributed by atoms with van der Waals surface area (Å²) >= 11 is 0. The van der Waals surface area contributed by atoms with Crippen LogP contribution in [0.1, 0.15) is 38.2 Å². The quantitative estimate of drug-likeness (QED) is 0.646. The van der Waals surface area contributed by atoms with Gasteiger partial charge in [-0.3, -0.25) is 0 Å². The van der Waals surface area contributed by atoms with Gasteiger partial charge in [0.1, 0.15) is 5.60 Å². The van der Waals surface area contributed by atoms with Crippen molar-refractivity contribution < 1.29 is 4.74 Å². The van der Waals surface area contributed by atoms with Crippen LogP contribution >= 0.6 is 0 Å². The van der Waals surface area contributed by atoms with E-state index in [-0.39, 0.29) is 5.60 Å². The van der Waals surface area contributed by atoms with E-state index in [0.29, 0.717) is 5.92 Å². The van der Waals surface area contributed by atoms with E-state index in [2.05, 4.69) is 18.0 Å². The van der Waals surface area contributed by atoms with Gasteiger partial charge in [0.05, 0.1) is 0 Å². The normalized spacial score (nSPS) is 33.8. The van der Waals surface area contributed by atoms with E-state index in [9.17, 15) is 0 Å². The number of hydrogen-bond acceptors (Lipinski definition) is 2.